The van der Waals surface area contributed by atoms with E-state index in [0.717, 1.165) is 33.4 Å². The molecule has 0 atom stereocenters. The lowest BCUT2D eigenvalue weighted by Crippen LogP contribution is -2.15. The summed E-state index contributed by atoms with van der Waals surface area (Å²) in [5.74, 6) is 1.24. The van der Waals surface area contributed by atoms with E-state index < -0.39 is 0 Å². The van der Waals surface area contributed by atoms with Gasteiger partial charge in [0, 0.05) is 36.0 Å². The molecule has 0 saturated heterocycles. The largest absolute Gasteiger partial charge is 0.270 e. The number of rotatable bonds is 5. The summed E-state index contributed by atoms with van der Waals surface area (Å²) in [6.07, 6.45) is 5.24. The average molecular weight is 441 g/mol. The van der Waals surface area contributed by atoms with Crippen LogP contribution in [0.5, 0.6) is 0 Å². The van der Waals surface area contributed by atoms with Crippen LogP contribution in [0.2, 0.25) is 0 Å². The van der Waals surface area contributed by atoms with Crippen LogP contribution >= 0.6 is 11.8 Å². The molecule has 0 aliphatic heterocycles. The Morgan fingerprint density at radius 3 is 2.59 bits per heavy atom. The second-order valence-electron chi connectivity index (χ2n) is 7.47. The van der Waals surface area contributed by atoms with Gasteiger partial charge in [0.05, 0.1) is 11.4 Å². The van der Waals surface area contributed by atoms with Gasteiger partial charge < -0.3 is 0 Å². The number of fused-ring (bicyclic) bond motifs is 1. The van der Waals surface area contributed by atoms with Gasteiger partial charge in [-0.3, -0.25) is 18.7 Å². The summed E-state index contributed by atoms with van der Waals surface area (Å²) in [6, 6.07) is 17.3. The van der Waals surface area contributed by atoms with Gasteiger partial charge >= 0.3 is 0 Å². The van der Waals surface area contributed by atoms with Gasteiger partial charge in [-0.1, -0.05) is 30.0 Å². The Morgan fingerprint density at radius 1 is 0.969 bits per heavy atom. The molecule has 0 spiro atoms. The van der Waals surface area contributed by atoms with Crippen molar-refractivity contribution in [2.24, 2.45) is 0 Å². The van der Waals surface area contributed by atoms with Gasteiger partial charge in [0.2, 0.25) is 0 Å². The predicted molar refractivity (Wildman–Crippen MR) is 125 cm³/mol. The monoisotopic (exact) mass is 440 g/mol. The van der Waals surface area contributed by atoms with Crippen LogP contribution < -0.4 is 5.56 Å². The third-order valence-electron chi connectivity index (χ3n) is 5.15. The zero-order valence-corrected chi connectivity index (χ0v) is 18.5. The summed E-state index contributed by atoms with van der Waals surface area (Å²) in [5, 5.41) is 9.68. The maximum absolute atomic E-state index is 12.5. The zero-order chi connectivity index (χ0) is 22.1. The lowest BCUT2D eigenvalue weighted by Gasteiger charge is -2.13. The summed E-state index contributed by atoms with van der Waals surface area (Å²) in [4.78, 5) is 21.3. The van der Waals surface area contributed by atoms with E-state index in [-0.39, 0.29) is 5.56 Å². The van der Waals surface area contributed by atoms with Gasteiger partial charge in [0.15, 0.2) is 11.0 Å². The normalized spacial score (nSPS) is 11.2. The van der Waals surface area contributed by atoms with Crippen molar-refractivity contribution in [1.29, 1.82) is 0 Å². The van der Waals surface area contributed by atoms with E-state index in [1.165, 1.54) is 11.8 Å². The molecule has 5 rings (SSSR count). The van der Waals surface area contributed by atoms with Crippen molar-refractivity contribution in [2.75, 3.05) is 0 Å². The lowest BCUT2D eigenvalue weighted by atomic mass is 10.2. The molecule has 5 aromatic rings. The van der Waals surface area contributed by atoms with Crippen molar-refractivity contribution in [3.8, 4) is 17.1 Å². The number of benzene rings is 1. The first-order valence-electron chi connectivity index (χ1n) is 10.1. The van der Waals surface area contributed by atoms with Crippen molar-refractivity contribution < 1.29 is 0 Å². The highest BCUT2D eigenvalue weighted by Gasteiger charge is 2.18. The number of nitrogens with zero attached hydrogens (tertiary/aromatic N) is 6. The summed E-state index contributed by atoms with van der Waals surface area (Å²) in [6.45, 7) is 4.05. The van der Waals surface area contributed by atoms with E-state index in [1.54, 1.807) is 29.1 Å². The highest BCUT2D eigenvalue weighted by atomic mass is 32.2. The standard InChI is InChI=1S/C24H20N6OS/c1-16-9-12-29-21(13-16)26-19(14-22(29)31)15-32-24-28-27-23(18-7-10-25-11-8-18)30(24)20-6-4-3-5-17(20)2/h3-14H,15H2,1-2H3. The van der Waals surface area contributed by atoms with Crippen molar-refractivity contribution in [3.05, 3.63) is 100 Å². The first-order valence-corrected chi connectivity index (χ1v) is 11.1. The molecular formula is C24H20N6OS. The molecule has 7 nitrogen and oxygen atoms in total. The highest BCUT2D eigenvalue weighted by Crippen LogP contribution is 2.30. The van der Waals surface area contributed by atoms with Crippen LogP contribution in [0.25, 0.3) is 22.7 Å². The molecule has 0 aliphatic rings. The summed E-state index contributed by atoms with van der Waals surface area (Å²) >= 11 is 1.50. The first kappa shape index (κ1) is 20.1. The second kappa shape index (κ2) is 8.39. The maximum Gasteiger partial charge on any atom is 0.258 e. The fourth-order valence-electron chi connectivity index (χ4n) is 3.55. The fraction of sp³-hybridized carbons (Fsp3) is 0.125. The molecule has 1 aromatic carbocycles. The molecule has 32 heavy (non-hydrogen) atoms. The number of pyridine rings is 2. The van der Waals surface area contributed by atoms with Crippen LogP contribution in [0.4, 0.5) is 0 Å². The Bertz CT molecular complexity index is 1480. The van der Waals surface area contributed by atoms with Crippen LogP contribution in [-0.2, 0) is 5.75 Å². The van der Waals surface area contributed by atoms with Gasteiger partial charge in [-0.05, 0) is 55.3 Å². The van der Waals surface area contributed by atoms with Crippen LogP contribution in [0.1, 0.15) is 16.8 Å². The summed E-state index contributed by atoms with van der Waals surface area (Å²) in [5.41, 5.74) is 5.36. The molecule has 0 saturated carbocycles. The molecule has 0 unspecified atom stereocenters. The summed E-state index contributed by atoms with van der Waals surface area (Å²) < 4.78 is 3.60. The van der Waals surface area contributed by atoms with E-state index in [0.29, 0.717) is 17.1 Å². The van der Waals surface area contributed by atoms with E-state index in [2.05, 4.69) is 39.2 Å². The minimum absolute atomic E-state index is 0.0940. The van der Waals surface area contributed by atoms with Crippen molar-refractivity contribution in [3.63, 3.8) is 0 Å². The molecule has 8 heteroatoms. The fourth-order valence-corrected chi connectivity index (χ4v) is 4.39. The average Bonchev–Trinajstić information content (AvgIpc) is 3.22. The quantitative estimate of drug-likeness (QED) is 0.380. The molecule has 0 aliphatic carbocycles. The third kappa shape index (κ3) is 3.80. The second-order valence-corrected chi connectivity index (χ2v) is 8.41. The Balaban J connectivity index is 1.55. The molecule has 0 bridgehead atoms. The summed E-state index contributed by atoms with van der Waals surface area (Å²) in [7, 11) is 0. The molecule has 4 aromatic heterocycles. The van der Waals surface area contributed by atoms with Gasteiger partial charge in [-0.15, -0.1) is 10.2 Å². The third-order valence-corrected chi connectivity index (χ3v) is 6.12. The number of para-hydroxylation sites is 1. The van der Waals surface area contributed by atoms with Gasteiger partial charge in [-0.2, -0.15) is 0 Å². The zero-order valence-electron chi connectivity index (χ0n) is 17.6. The van der Waals surface area contributed by atoms with Gasteiger partial charge in [-0.25, -0.2) is 4.98 Å². The molecule has 0 N–H and O–H groups in total. The van der Waals surface area contributed by atoms with E-state index in [9.17, 15) is 4.79 Å². The maximum atomic E-state index is 12.5. The van der Waals surface area contributed by atoms with E-state index in [1.807, 2.05) is 47.9 Å². The number of aryl methyl sites for hydroxylation is 2. The Kier molecular flexibility index (Phi) is 5.28. The first-order chi connectivity index (χ1) is 15.6. The Morgan fingerprint density at radius 2 is 1.78 bits per heavy atom. The van der Waals surface area contributed by atoms with Crippen molar-refractivity contribution in [2.45, 2.75) is 24.8 Å². The van der Waals surface area contributed by atoms with Crippen molar-refractivity contribution in [1.82, 2.24) is 29.1 Å². The SMILES string of the molecule is Cc1ccn2c(=O)cc(CSc3nnc(-c4ccncc4)n3-c3ccccc3C)nc2c1. The topological polar surface area (TPSA) is 78.0 Å². The highest BCUT2D eigenvalue weighted by molar-refractivity contribution is 7.98. The van der Waals surface area contributed by atoms with Crippen LogP contribution in [0.15, 0.2) is 83.1 Å². The molecule has 0 amide bonds. The predicted octanol–water partition coefficient (Wildman–Crippen LogP) is 4.25. The van der Waals surface area contributed by atoms with Crippen LogP contribution in [0, 0.1) is 13.8 Å². The number of aromatic nitrogens is 6. The van der Waals surface area contributed by atoms with Crippen LogP contribution in [0.3, 0.4) is 0 Å². The van der Waals surface area contributed by atoms with E-state index in [4.69, 9.17) is 0 Å². The van der Waals surface area contributed by atoms with Crippen LogP contribution in [-0.4, -0.2) is 29.1 Å². The molecule has 158 valence electrons. The molecule has 0 fully saturated rings. The van der Waals surface area contributed by atoms with E-state index >= 15 is 0 Å². The molecule has 0 radical (unpaired) electrons. The van der Waals surface area contributed by atoms with Gasteiger partial charge in [0.1, 0.15) is 5.65 Å². The Labute approximate surface area is 188 Å². The number of hydrogen-bond donors (Lipinski definition) is 0. The number of thioether (sulfide) groups is 1. The van der Waals surface area contributed by atoms with Crippen molar-refractivity contribution >= 4 is 17.4 Å². The minimum Gasteiger partial charge on any atom is -0.270 e. The molecule has 4 heterocycles. The van der Waals surface area contributed by atoms with Gasteiger partial charge in [0.25, 0.3) is 5.56 Å². The Hall–Kier alpha value is -3.78. The smallest absolute Gasteiger partial charge is 0.258 e. The minimum atomic E-state index is -0.0940. The molecular weight excluding hydrogens is 420 g/mol. The number of hydrogen-bond acceptors (Lipinski definition) is 6. The lowest BCUT2D eigenvalue weighted by molar-refractivity contribution is 0.879.